The van der Waals surface area contributed by atoms with E-state index in [1.165, 1.54) is 0 Å². The van der Waals surface area contributed by atoms with E-state index in [0.717, 1.165) is 11.5 Å². The molecule has 0 radical (unpaired) electrons. The van der Waals surface area contributed by atoms with Crippen molar-refractivity contribution in [2.75, 3.05) is 0 Å². The molecule has 1 unspecified atom stereocenters. The summed E-state index contributed by atoms with van der Waals surface area (Å²) in [6.45, 7) is 2.43. The second-order valence-electron chi connectivity index (χ2n) is 4.14. The number of hydrogen-bond donors (Lipinski definition) is 1. The van der Waals surface area contributed by atoms with Crippen LogP contribution in [0, 0.1) is 0 Å². The van der Waals surface area contributed by atoms with Crippen molar-refractivity contribution in [3.8, 4) is 0 Å². The molecule has 2 heterocycles. The third kappa shape index (κ3) is 3.01. The van der Waals surface area contributed by atoms with Crippen LogP contribution in [0.15, 0.2) is 45.6 Å². The van der Waals surface area contributed by atoms with Gasteiger partial charge in [-0.3, -0.25) is 4.79 Å². The lowest BCUT2D eigenvalue weighted by atomic mass is 10.2. The van der Waals surface area contributed by atoms with E-state index in [0.29, 0.717) is 13.1 Å². The first-order valence-electron chi connectivity index (χ1n) is 5.76. The number of furan rings is 2. The summed E-state index contributed by atoms with van der Waals surface area (Å²) in [5, 5.41) is 0. The molecule has 18 heavy (non-hydrogen) atoms. The molecule has 0 spiro atoms. The average molecular weight is 248 g/mol. The molecule has 2 N–H and O–H groups in total. The molecule has 1 atom stereocenters. The van der Waals surface area contributed by atoms with E-state index in [4.69, 9.17) is 14.6 Å². The quantitative estimate of drug-likeness (QED) is 0.874. The Labute approximate surface area is 105 Å². The van der Waals surface area contributed by atoms with Gasteiger partial charge < -0.3 is 19.5 Å². The maximum absolute atomic E-state index is 12.0. The molecule has 1 amide bonds. The minimum Gasteiger partial charge on any atom is -0.467 e. The largest absolute Gasteiger partial charge is 0.467 e. The molecule has 2 rings (SSSR count). The SMILES string of the molecule is CC(N)C(=O)N(Cc1ccco1)Cc1ccco1. The summed E-state index contributed by atoms with van der Waals surface area (Å²) >= 11 is 0. The molecule has 0 fully saturated rings. The van der Waals surface area contributed by atoms with Crippen LogP contribution < -0.4 is 5.73 Å². The van der Waals surface area contributed by atoms with Crippen LogP contribution in [0.1, 0.15) is 18.4 Å². The van der Waals surface area contributed by atoms with Crippen molar-refractivity contribution in [1.82, 2.24) is 4.90 Å². The van der Waals surface area contributed by atoms with Crippen molar-refractivity contribution in [1.29, 1.82) is 0 Å². The fourth-order valence-corrected chi connectivity index (χ4v) is 1.68. The van der Waals surface area contributed by atoms with Crippen LogP contribution in [-0.4, -0.2) is 16.8 Å². The van der Waals surface area contributed by atoms with Gasteiger partial charge in [-0.1, -0.05) is 0 Å². The van der Waals surface area contributed by atoms with Gasteiger partial charge in [0.2, 0.25) is 5.91 Å². The predicted molar refractivity (Wildman–Crippen MR) is 65.3 cm³/mol. The number of carbonyl (C=O) groups is 1. The van der Waals surface area contributed by atoms with Crippen LogP contribution in [0.5, 0.6) is 0 Å². The lowest BCUT2D eigenvalue weighted by Crippen LogP contribution is -2.41. The minimum absolute atomic E-state index is 0.136. The lowest BCUT2D eigenvalue weighted by Gasteiger charge is -2.22. The first-order chi connectivity index (χ1) is 8.66. The Hall–Kier alpha value is -2.01. The minimum atomic E-state index is -0.546. The zero-order valence-corrected chi connectivity index (χ0v) is 10.2. The van der Waals surface area contributed by atoms with E-state index in [9.17, 15) is 4.79 Å². The number of nitrogens with zero attached hydrogens (tertiary/aromatic N) is 1. The van der Waals surface area contributed by atoms with Gasteiger partial charge in [-0.25, -0.2) is 0 Å². The molecule has 5 nitrogen and oxygen atoms in total. The second-order valence-corrected chi connectivity index (χ2v) is 4.14. The van der Waals surface area contributed by atoms with Gasteiger partial charge in [-0.2, -0.15) is 0 Å². The summed E-state index contributed by atoms with van der Waals surface area (Å²) in [4.78, 5) is 13.6. The Morgan fingerprint density at radius 3 is 2.06 bits per heavy atom. The van der Waals surface area contributed by atoms with E-state index in [1.54, 1.807) is 36.5 Å². The van der Waals surface area contributed by atoms with Crippen LogP contribution in [0.4, 0.5) is 0 Å². The van der Waals surface area contributed by atoms with Gasteiger partial charge >= 0.3 is 0 Å². The van der Waals surface area contributed by atoms with Crippen LogP contribution in [0.2, 0.25) is 0 Å². The van der Waals surface area contributed by atoms with Crippen molar-refractivity contribution in [3.63, 3.8) is 0 Å². The van der Waals surface area contributed by atoms with Gasteiger partial charge in [0.25, 0.3) is 0 Å². The van der Waals surface area contributed by atoms with Crippen molar-refractivity contribution in [2.24, 2.45) is 5.73 Å². The van der Waals surface area contributed by atoms with Gasteiger partial charge in [-0.05, 0) is 31.2 Å². The van der Waals surface area contributed by atoms with E-state index < -0.39 is 6.04 Å². The number of rotatable bonds is 5. The van der Waals surface area contributed by atoms with Gasteiger partial charge in [0.05, 0.1) is 31.7 Å². The smallest absolute Gasteiger partial charge is 0.240 e. The topological polar surface area (TPSA) is 72.6 Å². The molecule has 0 aromatic carbocycles. The zero-order chi connectivity index (χ0) is 13.0. The van der Waals surface area contributed by atoms with Crippen LogP contribution >= 0.6 is 0 Å². The molecular weight excluding hydrogens is 232 g/mol. The van der Waals surface area contributed by atoms with Crippen molar-refractivity contribution >= 4 is 5.91 Å². The third-order valence-electron chi connectivity index (χ3n) is 2.55. The maximum atomic E-state index is 12.0. The summed E-state index contributed by atoms with van der Waals surface area (Å²) in [6.07, 6.45) is 3.16. The van der Waals surface area contributed by atoms with Crippen LogP contribution in [-0.2, 0) is 17.9 Å². The van der Waals surface area contributed by atoms with E-state index in [2.05, 4.69) is 0 Å². The van der Waals surface area contributed by atoms with Gasteiger partial charge in [-0.15, -0.1) is 0 Å². The molecule has 0 aliphatic heterocycles. The molecule has 0 aliphatic carbocycles. The Bertz CT molecular complexity index is 438. The van der Waals surface area contributed by atoms with Gasteiger partial charge in [0.1, 0.15) is 11.5 Å². The van der Waals surface area contributed by atoms with Crippen molar-refractivity contribution in [2.45, 2.75) is 26.1 Å². The summed E-state index contributed by atoms with van der Waals surface area (Å²) in [6, 6.07) is 6.68. The van der Waals surface area contributed by atoms with E-state index >= 15 is 0 Å². The van der Waals surface area contributed by atoms with Gasteiger partial charge in [0.15, 0.2) is 0 Å². The molecule has 0 aliphatic rings. The lowest BCUT2D eigenvalue weighted by molar-refractivity contribution is -0.134. The molecule has 2 aromatic rings. The number of carbonyl (C=O) groups excluding carboxylic acids is 1. The first-order valence-corrected chi connectivity index (χ1v) is 5.76. The number of hydrogen-bond acceptors (Lipinski definition) is 4. The summed E-state index contributed by atoms with van der Waals surface area (Å²) in [5.41, 5.74) is 5.64. The van der Waals surface area contributed by atoms with Crippen LogP contribution in [0.25, 0.3) is 0 Å². The number of nitrogens with two attached hydrogens (primary N) is 1. The molecule has 0 saturated heterocycles. The second kappa shape index (κ2) is 5.55. The predicted octanol–water partition coefficient (Wildman–Crippen LogP) is 1.75. The Morgan fingerprint density at radius 2 is 1.72 bits per heavy atom. The van der Waals surface area contributed by atoms with E-state index in [-0.39, 0.29) is 5.91 Å². The highest BCUT2D eigenvalue weighted by molar-refractivity contribution is 5.81. The van der Waals surface area contributed by atoms with Gasteiger partial charge in [0, 0.05) is 0 Å². The molecule has 0 bridgehead atoms. The maximum Gasteiger partial charge on any atom is 0.240 e. The van der Waals surface area contributed by atoms with E-state index in [1.807, 2.05) is 12.1 Å². The zero-order valence-electron chi connectivity index (χ0n) is 10.2. The highest BCUT2D eigenvalue weighted by atomic mass is 16.3. The average Bonchev–Trinajstić information content (AvgIpc) is 2.99. The fourth-order valence-electron chi connectivity index (χ4n) is 1.68. The Balaban J connectivity index is 2.09. The molecule has 96 valence electrons. The third-order valence-corrected chi connectivity index (χ3v) is 2.55. The summed E-state index contributed by atoms with van der Waals surface area (Å²) < 4.78 is 10.5. The summed E-state index contributed by atoms with van der Waals surface area (Å²) in [7, 11) is 0. The highest BCUT2D eigenvalue weighted by Crippen LogP contribution is 2.12. The Kier molecular flexibility index (Phi) is 3.84. The standard InChI is InChI=1S/C13H16N2O3/c1-10(14)13(16)15(8-11-4-2-6-17-11)9-12-5-3-7-18-12/h2-7,10H,8-9,14H2,1H3. The molecule has 2 aromatic heterocycles. The normalized spacial score (nSPS) is 12.3. The first kappa shape index (κ1) is 12.4. The number of amides is 1. The summed E-state index contributed by atoms with van der Waals surface area (Å²) in [5.74, 6) is 1.30. The van der Waals surface area contributed by atoms with Crippen molar-refractivity contribution in [3.05, 3.63) is 48.3 Å². The monoisotopic (exact) mass is 248 g/mol. The molecule has 5 heteroatoms. The Morgan fingerprint density at radius 1 is 1.22 bits per heavy atom. The van der Waals surface area contributed by atoms with Crippen LogP contribution in [0.3, 0.4) is 0 Å². The van der Waals surface area contributed by atoms with Crippen molar-refractivity contribution < 1.29 is 13.6 Å². The fraction of sp³-hybridized carbons (Fsp3) is 0.308. The molecule has 0 saturated carbocycles. The molecular formula is C13H16N2O3. The highest BCUT2D eigenvalue weighted by Gasteiger charge is 2.19.